The lowest BCUT2D eigenvalue weighted by molar-refractivity contribution is 0.414. The Kier molecular flexibility index (Phi) is 4.20. The van der Waals surface area contributed by atoms with E-state index in [0.717, 1.165) is 22.9 Å². The fourth-order valence-electron chi connectivity index (χ4n) is 1.94. The van der Waals surface area contributed by atoms with E-state index in [0.29, 0.717) is 0 Å². The number of methoxy groups -OCH3 is 1. The van der Waals surface area contributed by atoms with Crippen molar-refractivity contribution in [2.75, 3.05) is 7.11 Å². The molecule has 0 aliphatic rings. The van der Waals surface area contributed by atoms with Crippen molar-refractivity contribution in [3.8, 4) is 5.75 Å². The molecule has 0 bridgehead atoms. The van der Waals surface area contributed by atoms with Gasteiger partial charge in [-0.2, -0.15) is 0 Å². The average Bonchev–Trinajstić information content (AvgIpc) is 2.41. The molecule has 2 aromatic carbocycles. The summed E-state index contributed by atoms with van der Waals surface area (Å²) in [6.45, 7) is 1.91. The third-order valence-corrected chi connectivity index (χ3v) is 3.99. The van der Waals surface area contributed by atoms with Crippen molar-refractivity contribution >= 4 is 15.9 Å². The van der Waals surface area contributed by atoms with E-state index in [9.17, 15) is 8.78 Å². The minimum absolute atomic E-state index is 0.285. The first-order valence-corrected chi connectivity index (χ1v) is 6.68. The van der Waals surface area contributed by atoms with E-state index >= 15 is 0 Å². The van der Waals surface area contributed by atoms with E-state index in [1.54, 1.807) is 19.2 Å². The van der Waals surface area contributed by atoms with Crippen LogP contribution in [0.1, 0.15) is 21.5 Å². The number of benzene rings is 2. The molecule has 4 heteroatoms. The molecule has 0 aromatic heterocycles. The number of halogens is 3. The molecular weight excluding hydrogens is 314 g/mol. The maximum absolute atomic E-state index is 13.8. The minimum Gasteiger partial charge on any atom is -0.497 e. The number of alkyl halides is 1. The fourth-order valence-corrected chi connectivity index (χ4v) is 2.81. The molecule has 2 aromatic rings. The van der Waals surface area contributed by atoms with Gasteiger partial charge in [0.1, 0.15) is 5.75 Å². The molecule has 0 aliphatic heterocycles. The number of hydrogen-bond acceptors (Lipinski definition) is 1. The van der Waals surface area contributed by atoms with Crippen LogP contribution in [0.5, 0.6) is 5.75 Å². The van der Waals surface area contributed by atoms with Gasteiger partial charge in [0.15, 0.2) is 11.6 Å². The van der Waals surface area contributed by atoms with Crippen LogP contribution >= 0.6 is 15.9 Å². The highest BCUT2D eigenvalue weighted by Crippen LogP contribution is 2.35. The summed E-state index contributed by atoms with van der Waals surface area (Å²) in [5.74, 6) is -0.923. The Bertz CT molecular complexity index is 599. The minimum atomic E-state index is -0.840. The first-order valence-electron chi connectivity index (χ1n) is 5.77. The fraction of sp³-hybridized carbons (Fsp3) is 0.200. The Morgan fingerprint density at radius 3 is 2.47 bits per heavy atom. The zero-order chi connectivity index (χ0) is 14.0. The Labute approximate surface area is 119 Å². The van der Waals surface area contributed by atoms with E-state index in [1.165, 1.54) is 6.07 Å². The molecule has 0 heterocycles. The molecule has 0 N–H and O–H groups in total. The second-order valence-corrected chi connectivity index (χ2v) is 5.14. The SMILES string of the molecule is COc1ccc(C(Br)c2cccc(F)c2F)c(C)c1. The third-order valence-electron chi connectivity index (χ3n) is 3.00. The molecule has 0 saturated heterocycles. The summed E-state index contributed by atoms with van der Waals surface area (Å²) in [5.41, 5.74) is 2.11. The van der Waals surface area contributed by atoms with Gasteiger partial charge in [-0.1, -0.05) is 34.1 Å². The topological polar surface area (TPSA) is 9.23 Å². The van der Waals surface area contributed by atoms with Crippen molar-refractivity contribution in [1.29, 1.82) is 0 Å². The summed E-state index contributed by atoms with van der Waals surface area (Å²) in [7, 11) is 1.59. The lowest BCUT2D eigenvalue weighted by atomic mass is 9.99. The quantitative estimate of drug-likeness (QED) is 0.738. The van der Waals surface area contributed by atoms with Gasteiger partial charge in [0.25, 0.3) is 0 Å². The molecule has 0 spiro atoms. The molecule has 100 valence electrons. The molecule has 0 aliphatic carbocycles. The number of rotatable bonds is 3. The van der Waals surface area contributed by atoms with Crippen LogP contribution in [0.4, 0.5) is 8.78 Å². The van der Waals surface area contributed by atoms with Crippen molar-refractivity contribution in [3.63, 3.8) is 0 Å². The van der Waals surface area contributed by atoms with Crippen LogP contribution in [0.3, 0.4) is 0 Å². The molecule has 0 amide bonds. The van der Waals surface area contributed by atoms with Gasteiger partial charge in [-0.25, -0.2) is 8.78 Å². The summed E-state index contributed by atoms with van der Waals surface area (Å²) in [5, 5.41) is 0. The zero-order valence-corrected chi connectivity index (χ0v) is 12.2. The number of aryl methyl sites for hydroxylation is 1. The summed E-state index contributed by atoms with van der Waals surface area (Å²) in [4.78, 5) is -0.394. The van der Waals surface area contributed by atoms with Gasteiger partial charge in [0, 0.05) is 5.56 Å². The van der Waals surface area contributed by atoms with Crippen LogP contribution in [-0.4, -0.2) is 7.11 Å². The van der Waals surface area contributed by atoms with Crippen molar-refractivity contribution in [3.05, 3.63) is 64.7 Å². The molecule has 2 rings (SSSR count). The smallest absolute Gasteiger partial charge is 0.163 e. The highest BCUT2D eigenvalue weighted by molar-refractivity contribution is 9.09. The highest BCUT2D eigenvalue weighted by atomic mass is 79.9. The Balaban J connectivity index is 2.44. The summed E-state index contributed by atoms with van der Waals surface area (Å²) >= 11 is 3.43. The summed E-state index contributed by atoms with van der Waals surface area (Å²) in [6.07, 6.45) is 0. The van der Waals surface area contributed by atoms with Crippen LogP contribution in [-0.2, 0) is 0 Å². The number of hydrogen-bond donors (Lipinski definition) is 0. The largest absolute Gasteiger partial charge is 0.497 e. The monoisotopic (exact) mass is 326 g/mol. The van der Waals surface area contributed by atoms with Crippen LogP contribution < -0.4 is 4.74 Å². The Hall–Kier alpha value is -1.42. The first kappa shape index (κ1) is 14.0. The first-order chi connectivity index (χ1) is 9.04. The van der Waals surface area contributed by atoms with Crippen molar-refractivity contribution in [1.82, 2.24) is 0 Å². The van der Waals surface area contributed by atoms with E-state index < -0.39 is 16.5 Å². The molecule has 0 saturated carbocycles. The van der Waals surface area contributed by atoms with Gasteiger partial charge < -0.3 is 4.74 Å². The summed E-state index contributed by atoms with van der Waals surface area (Å²) in [6, 6.07) is 9.69. The molecule has 1 atom stereocenters. The van der Waals surface area contributed by atoms with Gasteiger partial charge in [0.2, 0.25) is 0 Å². The van der Waals surface area contributed by atoms with Gasteiger partial charge in [-0.15, -0.1) is 0 Å². The van der Waals surface area contributed by atoms with E-state index in [1.807, 2.05) is 19.1 Å². The standard InChI is InChI=1S/C15H13BrF2O/c1-9-8-10(19-2)6-7-11(9)14(16)12-4-3-5-13(17)15(12)18/h3-8,14H,1-2H3. The van der Waals surface area contributed by atoms with Crippen LogP contribution in [0.2, 0.25) is 0 Å². The van der Waals surface area contributed by atoms with Gasteiger partial charge in [0.05, 0.1) is 11.9 Å². The van der Waals surface area contributed by atoms with Gasteiger partial charge >= 0.3 is 0 Å². The second-order valence-electron chi connectivity index (χ2n) is 4.23. The zero-order valence-electron chi connectivity index (χ0n) is 10.6. The van der Waals surface area contributed by atoms with Crippen molar-refractivity contribution < 1.29 is 13.5 Å². The molecular formula is C15H13BrF2O. The van der Waals surface area contributed by atoms with E-state index in [-0.39, 0.29) is 5.56 Å². The van der Waals surface area contributed by atoms with Gasteiger partial charge in [-0.05, 0) is 36.2 Å². The molecule has 0 fully saturated rings. The van der Waals surface area contributed by atoms with Gasteiger partial charge in [-0.3, -0.25) is 0 Å². The lowest BCUT2D eigenvalue weighted by Gasteiger charge is -2.15. The average molecular weight is 327 g/mol. The molecule has 1 nitrogen and oxygen atoms in total. The van der Waals surface area contributed by atoms with Crippen LogP contribution in [0, 0.1) is 18.6 Å². The van der Waals surface area contributed by atoms with E-state index in [4.69, 9.17) is 4.74 Å². The highest BCUT2D eigenvalue weighted by Gasteiger charge is 2.19. The maximum Gasteiger partial charge on any atom is 0.163 e. The molecule has 1 unspecified atom stereocenters. The molecule has 19 heavy (non-hydrogen) atoms. The van der Waals surface area contributed by atoms with Crippen molar-refractivity contribution in [2.24, 2.45) is 0 Å². The summed E-state index contributed by atoms with van der Waals surface area (Å²) < 4.78 is 32.2. The van der Waals surface area contributed by atoms with Crippen LogP contribution in [0.25, 0.3) is 0 Å². The maximum atomic E-state index is 13.8. The Morgan fingerprint density at radius 2 is 1.84 bits per heavy atom. The number of ether oxygens (including phenoxy) is 1. The third kappa shape index (κ3) is 2.78. The van der Waals surface area contributed by atoms with Crippen LogP contribution in [0.15, 0.2) is 36.4 Å². The second kappa shape index (κ2) is 5.70. The lowest BCUT2D eigenvalue weighted by Crippen LogP contribution is -2.01. The molecule has 0 radical (unpaired) electrons. The normalized spacial score (nSPS) is 12.3. The Morgan fingerprint density at radius 1 is 1.11 bits per heavy atom. The van der Waals surface area contributed by atoms with Crippen molar-refractivity contribution in [2.45, 2.75) is 11.8 Å². The predicted molar refractivity (Wildman–Crippen MR) is 74.9 cm³/mol. The van der Waals surface area contributed by atoms with E-state index in [2.05, 4.69) is 15.9 Å². The predicted octanol–water partition coefficient (Wildman–Crippen LogP) is 4.77.